The molecule has 2 aromatic rings. The predicted octanol–water partition coefficient (Wildman–Crippen LogP) is 6.45. The number of rotatable bonds is 9. The van der Waals surface area contributed by atoms with Crippen LogP contribution in [0.3, 0.4) is 0 Å². The smallest absolute Gasteiger partial charge is 0.434 e. The molecule has 0 N–H and O–H groups in total. The SMILES string of the molecule is O=C(OCCCc1ccccc1)OCCCc1cccc(C2CCCCC2)c1. The molecule has 3 heteroatoms. The fourth-order valence-corrected chi connectivity index (χ4v) is 3.99. The third-order valence-corrected chi connectivity index (χ3v) is 5.53. The second-order valence-corrected chi connectivity index (χ2v) is 7.72. The van der Waals surface area contributed by atoms with E-state index >= 15 is 0 Å². The van der Waals surface area contributed by atoms with Crippen LogP contribution in [0.25, 0.3) is 0 Å². The van der Waals surface area contributed by atoms with Gasteiger partial charge in [0.2, 0.25) is 0 Å². The van der Waals surface area contributed by atoms with Crippen LogP contribution in [-0.4, -0.2) is 19.4 Å². The fraction of sp³-hybridized carbons (Fsp3) is 0.480. The second kappa shape index (κ2) is 11.5. The number of carbonyl (C=O) groups is 1. The molecule has 0 atom stereocenters. The van der Waals surface area contributed by atoms with E-state index in [1.165, 1.54) is 48.8 Å². The third-order valence-electron chi connectivity index (χ3n) is 5.53. The van der Waals surface area contributed by atoms with Gasteiger partial charge in [-0.05, 0) is 61.1 Å². The maximum Gasteiger partial charge on any atom is 0.508 e. The normalized spacial score (nSPS) is 14.6. The molecule has 0 heterocycles. The van der Waals surface area contributed by atoms with Crippen LogP contribution >= 0.6 is 0 Å². The topological polar surface area (TPSA) is 35.5 Å². The molecule has 0 unspecified atom stereocenters. The Labute approximate surface area is 169 Å². The molecule has 1 saturated carbocycles. The van der Waals surface area contributed by atoms with E-state index in [1.807, 2.05) is 18.2 Å². The van der Waals surface area contributed by atoms with Gasteiger partial charge in [-0.2, -0.15) is 0 Å². The zero-order valence-electron chi connectivity index (χ0n) is 16.8. The number of hydrogen-bond acceptors (Lipinski definition) is 3. The van der Waals surface area contributed by atoms with Crippen molar-refractivity contribution in [3.63, 3.8) is 0 Å². The zero-order valence-corrected chi connectivity index (χ0v) is 16.8. The summed E-state index contributed by atoms with van der Waals surface area (Å²) < 4.78 is 10.4. The van der Waals surface area contributed by atoms with E-state index in [0.717, 1.165) is 31.6 Å². The van der Waals surface area contributed by atoms with E-state index in [2.05, 4.69) is 36.4 Å². The van der Waals surface area contributed by atoms with Crippen LogP contribution in [0.2, 0.25) is 0 Å². The molecule has 0 aliphatic heterocycles. The number of aryl methyl sites for hydroxylation is 2. The van der Waals surface area contributed by atoms with Crippen molar-refractivity contribution in [2.75, 3.05) is 13.2 Å². The van der Waals surface area contributed by atoms with Gasteiger partial charge in [0.25, 0.3) is 0 Å². The molecule has 1 fully saturated rings. The Balaban J connectivity index is 1.28. The molecule has 1 aliphatic rings. The molecule has 2 aromatic carbocycles. The average molecular weight is 381 g/mol. The van der Waals surface area contributed by atoms with Gasteiger partial charge in [-0.15, -0.1) is 0 Å². The summed E-state index contributed by atoms with van der Waals surface area (Å²) in [4.78, 5) is 11.7. The van der Waals surface area contributed by atoms with E-state index in [9.17, 15) is 4.79 Å². The first kappa shape index (κ1) is 20.4. The van der Waals surface area contributed by atoms with E-state index in [4.69, 9.17) is 9.47 Å². The molecule has 0 amide bonds. The van der Waals surface area contributed by atoms with Crippen LogP contribution in [0.15, 0.2) is 54.6 Å². The minimum Gasteiger partial charge on any atom is -0.434 e. The quantitative estimate of drug-likeness (QED) is 0.370. The summed E-state index contributed by atoms with van der Waals surface area (Å²) in [5, 5.41) is 0. The van der Waals surface area contributed by atoms with Gasteiger partial charge < -0.3 is 9.47 Å². The lowest BCUT2D eigenvalue weighted by Gasteiger charge is -2.22. The first-order valence-electron chi connectivity index (χ1n) is 10.7. The summed E-state index contributed by atoms with van der Waals surface area (Å²) in [5.74, 6) is 0.732. The molecule has 0 radical (unpaired) electrons. The van der Waals surface area contributed by atoms with E-state index < -0.39 is 6.16 Å². The molecular weight excluding hydrogens is 348 g/mol. The fourth-order valence-electron chi connectivity index (χ4n) is 3.99. The number of benzene rings is 2. The first-order chi connectivity index (χ1) is 13.8. The standard InChI is InChI=1S/C25H32O3/c26-25(27-18-8-13-21-10-3-1-4-11-21)28-19-9-14-22-12-7-17-24(20-22)23-15-5-2-6-16-23/h1,3-4,7,10-12,17,20,23H,2,5-6,8-9,13-16,18-19H2. The Morgan fingerprint density at radius 1 is 0.786 bits per heavy atom. The van der Waals surface area contributed by atoms with Crippen LogP contribution in [0, 0.1) is 0 Å². The Morgan fingerprint density at radius 3 is 2.14 bits per heavy atom. The van der Waals surface area contributed by atoms with Crippen LogP contribution in [0.1, 0.15) is 67.6 Å². The molecular formula is C25H32O3. The van der Waals surface area contributed by atoms with Crippen molar-refractivity contribution in [2.24, 2.45) is 0 Å². The number of ether oxygens (including phenoxy) is 2. The summed E-state index contributed by atoms with van der Waals surface area (Å²) in [6, 6.07) is 19.2. The Morgan fingerprint density at radius 2 is 1.43 bits per heavy atom. The third kappa shape index (κ3) is 7.03. The average Bonchev–Trinajstić information content (AvgIpc) is 2.76. The minimum atomic E-state index is -0.552. The number of carbonyl (C=O) groups excluding carboxylic acids is 1. The molecule has 150 valence electrons. The highest BCUT2D eigenvalue weighted by Crippen LogP contribution is 2.32. The maximum absolute atomic E-state index is 11.7. The van der Waals surface area contributed by atoms with Crippen LogP contribution in [0.5, 0.6) is 0 Å². The van der Waals surface area contributed by atoms with Crippen molar-refractivity contribution in [3.05, 3.63) is 71.3 Å². The summed E-state index contributed by atoms with van der Waals surface area (Å²) in [6.07, 6.45) is 9.67. The van der Waals surface area contributed by atoms with Crippen LogP contribution < -0.4 is 0 Å². The Hall–Kier alpha value is -2.29. The number of hydrogen-bond donors (Lipinski definition) is 0. The van der Waals surface area contributed by atoms with Crippen molar-refractivity contribution in [1.82, 2.24) is 0 Å². The largest absolute Gasteiger partial charge is 0.508 e. The molecule has 1 aliphatic carbocycles. The van der Waals surface area contributed by atoms with Crippen molar-refractivity contribution in [3.8, 4) is 0 Å². The monoisotopic (exact) mass is 380 g/mol. The maximum atomic E-state index is 11.7. The van der Waals surface area contributed by atoms with Crippen LogP contribution in [-0.2, 0) is 22.3 Å². The van der Waals surface area contributed by atoms with Gasteiger partial charge in [0.1, 0.15) is 0 Å². The van der Waals surface area contributed by atoms with E-state index in [-0.39, 0.29) is 0 Å². The summed E-state index contributed by atoms with van der Waals surface area (Å²) >= 11 is 0. The molecule has 0 saturated heterocycles. The van der Waals surface area contributed by atoms with Crippen LogP contribution in [0.4, 0.5) is 4.79 Å². The Bertz CT molecular complexity index is 705. The highest BCUT2D eigenvalue weighted by Gasteiger charge is 2.15. The Kier molecular flexibility index (Phi) is 8.42. The van der Waals surface area contributed by atoms with Gasteiger partial charge in [0.05, 0.1) is 13.2 Å². The lowest BCUT2D eigenvalue weighted by molar-refractivity contribution is 0.0539. The molecule has 0 spiro atoms. The molecule has 3 rings (SSSR count). The summed E-state index contributed by atoms with van der Waals surface area (Å²) in [7, 11) is 0. The predicted molar refractivity (Wildman–Crippen MR) is 113 cm³/mol. The zero-order chi connectivity index (χ0) is 19.4. The van der Waals surface area contributed by atoms with Gasteiger partial charge in [0.15, 0.2) is 0 Å². The highest BCUT2D eigenvalue weighted by atomic mass is 16.7. The van der Waals surface area contributed by atoms with E-state index in [0.29, 0.717) is 13.2 Å². The highest BCUT2D eigenvalue weighted by molar-refractivity contribution is 5.59. The summed E-state index contributed by atoms with van der Waals surface area (Å²) in [5.41, 5.74) is 4.08. The molecule has 0 bridgehead atoms. The van der Waals surface area contributed by atoms with Gasteiger partial charge in [-0.3, -0.25) is 0 Å². The molecule has 28 heavy (non-hydrogen) atoms. The first-order valence-corrected chi connectivity index (χ1v) is 10.7. The van der Waals surface area contributed by atoms with Gasteiger partial charge in [-0.1, -0.05) is 73.9 Å². The lowest BCUT2D eigenvalue weighted by Crippen LogP contribution is -2.10. The second-order valence-electron chi connectivity index (χ2n) is 7.72. The lowest BCUT2D eigenvalue weighted by atomic mass is 9.83. The summed E-state index contributed by atoms with van der Waals surface area (Å²) in [6.45, 7) is 0.808. The van der Waals surface area contributed by atoms with Crippen molar-refractivity contribution in [2.45, 2.75) is 63.7 Å². The van der Waals surface area contributed by atoms with E-state index in [1.54, 1.807) is 0 Å². The molecule has 0 aromatic heterocycles. The van der Waals surface area contributed by atoms with Crippen molar-refractivity contribution < 1.29 is 14.3 Å². The molecule has 3 nitrogen and oxygen atoms in total. The van der Waals surface area contributed by atoms with Gasteiger partial charge in [-0.25, -0.2) is 4.79 Å². The van der Waals surface area contributed by atoms with Crippen molar-refractivity contribution >= 4 is 6.16 Å². The van der Waals surface area contributed by atoms with Crippen molar-refractivity contribution in [1.29, 1.82) is 0 Å². The van der Waals surface area contributed by atoms with Gasteiger partial charge >= 0.3 is 6.16 Å². The minimum absolute atomic E-state index is 0.400. The van der Waals surface area contributed by atoms with Gasteiger partial charge in [0, 0.05) is 0 Å².